The van der Waals surface area contributed by atoms with Crippen LogP contribution in [0, 0.1) is 18.3 Å². The van der Waals surface area contributed by atoms with Crippen molar-refractivity contribution in [3.05, 3.63) is 41.0 Å². The van der Waals surface area contributed by atoms with Crippen LogP contribution in [0.15, 0.2) is 29.3 Å². The molecule has 158 valence electrons. The number of halogens is 3. The number of rotatable bonds is 4. The Morgan fingerprint density at radius 3 is 2.70 bits per heavy atom. The van der Waals surface area contributed by atoms with E-state index < -0.39 is 17.5 Å². The van der Waals surface area contributed by atoms with Gasteiger partial charge < -0.3 is 15.7 Å². The van der Waals surface area contributed by atoms with Crippen LogP contribution in [0.5, 0.6) is 5.75 Å². The molecule has 1 saturated heterocycles. The lowest BCUT2D eigenvalue weighted by Crippen LogP contribution is -2.25. The molecule has 1 aromatic heterocycles. The molecule has 6 nitrogen and oxygen atoms in total. The van der Waals surface area contributed by atoms with E-state index in [-0.39, 0.29) is 39.9 Å². The minimum atomic E-state index is -4.55. The number of nitrogens with zero attached hydrogens (tertiary/aromatic N) is 3. The molecule has 2 aliphatic rings. The second kappa shape index (κ2) is 6.72. The Morgan fingerprint density at radius 1 is 1.40 bits per heavy atom. The zero-order valence-electron chi connectivity index (χ0n) is 16.5. The summed E-state index contributed by atoms with van der Waals surface area (Å²) in [7, 11) is 1.79. The molecule has 4 rings (SSSR count). The fourth-order valence-corrected chi connectivity index (χ4v) is 4.24. The molecule has 1 aliphatic heterocycles. The van der Waals surface area contributed by atoms with E-state index in [2.05, 4.69) is 9.98 Å². The van der Waals surface area contributed by atoms with Gasteiger partial charge in [0.25, 0.3) is 0 Å². The maximum Gasteiger partial charge on any atom is 0.416 e. The Morgan fingerprint density at radius 2 is 2.13 bits per heavy atom. The molecule has 2 aromatic rings. The van der Waals surface area contributed by atoms with Crippen molar-refractivity contribution >= 4 is 17.9 Å². The lowest BCUT2D eigenvalue weighted by atomic mass is 10.00. The van der Waals surface area contributed by atoms with Crippen molar-refractivity contribution in [3.63, 3.8) is 0 Å². The number of nitrogen functional groups attached to an aromatic ring is 1. The number of pyridine rings is 1. The molecule has 1 amide bonds. The molecule has 2 atom stereocenters. The minimum absolute atomic E-state index is 0.0584. The third-order valence-corrected chi connectivity index (χ3v) is 5.91. The highest BCUT2D eigenvalue weighted by Crippen LogP contribution is 2.58. The number of carbonyl (C=O) groups excluding carboxylic acids is 1. The number of nitrogens with two attached hydrogens (primary N) is 1. The maximum atomic E-state index is 12.9. The van der Waals surface area contributed by atoms with Gasteiger partial charge in [0.05, 0.1) is 11.3 Å². The lowest BCUT2D eigenvalue weighted by Gasteiger charge is -2.14. The van der Waals surface area contributed by atoms with E-state index in [9.17, 15) is 23.1 Å². The summed E-state index contributed by atoms with van der Waals surface area (Å²) in [6.45, 7) is 2.70. The summed E-state index contributed by atoms with van der Waals surface area (Å²) in [6, 6.07) is 4.89. The second-order valence-electron chi connectivity index (χ2n) is 8.14. The summed E-state index contributed by atoms with van der Waals surface area (Å²) in [5.74, 6) is -0.130. The van der Waals surface area contributed by atoms with Gasteiger partial charge in [-0.2, -0.15) is 13.2 Å². The topological polar surface area (TPSA) is 91.8 Å². The molecule has 1 aliphatic carbocycles. The number of benzene rings is 1. The lowest BCUT2D eigenvalue weighted by molar-refractivity contribution is -0.137. The predicted molar refractivity (Wildman–Crippen MR) is 106 cm³/mol. The zero-order chi connectivity index (χ0) is 21.8. The Kier molecular flexibility index (Phi) is 4.52. The average molecular weight is 418 g/mol. The number of piperidine rings is 1. The van der Waals surface area contributed by atoms with Crippen LogP contribution in [0.1, 0.15) is 23.1 Å². The van der Waals surface area contributed by atoms with E-state index in [4.69, 9.17) is 5.73 Å². The van der Waals surface area contributed by atoms with Gasteiger partial charge in [0, 0.05) is 48.8 Å². The first-order chi connectivity index (χ1) is 14.0. The summed E-state index contributed by atoms with van der Waals surface area (Å²) in [5.41, 5.74) is 6.29. The Hall–Kier alpha value is -3.10. The first-order valence-electron chi connectivity index (χ1n) is 9.44. The number of aliphatic imine (C=N–C) groups is 1. The van der Waals surface area contributed by atoms with Gasteiger partial charge in [-0.25, -0.2) is 4.98 Å². The van der Waals surface area contributed by atoms with Crippen molar-refractivity contribution in [3.8, 4) is 17.0 Å². The maximum absolute atomic E-state index is 12.9. The standard InChI is InChI=1S/C21H21F3N4O2/c1-11-5-13(21(22,23)24)6-16(29)17(11)15-4-3-12(18(25)27-15)8-26-9-20-7-14(20)19(30)28(2)10-20/h3-6,8,14,29H,7,9-10H2,1-2H3,(H2,25,27). The van der Waals surface area contributed by atoms with Crippen molar-refractivity contribution in [1.29, 1.82) is 0 Å². The highest BCUT2D eigenvalue weighted by Gasteiger charge is 2.64. The number of aromatic nitrogens is 1. The van der Waals surface area contributed by atoms with Crippen LogP contribution < -0.4 is 5.73 Å². The fourth-order valence-electron chi connectivity index (χ4n) is 4.24. The molecule has 9 heteroatoms. The highest BCUT2D eigenvalue weighted by atomic mass is 19.4. The van der Waals surface area contributed by atoms with Crippen molar-refractivity contribution < 1.29 is 23.1 Å². The third kappa shape index (κ3) is 3.38. The van der Waals surface area contributed by atoms with Gasteiger partial charge >= 0.3 is 6.18 Å². The normalized spacial score (nSPS) is 23.3. The van der Waals surface area contributed by atoms with Gasteiger partial charge in [0.15, 0.2) is 0 Å². The van der Waals surface area contributed by atoms with Gasteiger partial charge in [-0.1, -0.05) is 0 Å². The first kappa shape index (κ1) is 20.2. The molecule has 30 heavy (non-hydrogen) atoms. The van der Waals surface area contributed by atoms with Crippen LogP contribution in [0.2, 0.25) is 0 Å². The van der Waals surface area contributed by atoms with Crippen LogP contribution in [-0.2, 0) is 11.0 Å². The number of anilines is 1. The Labute approximate surface area is 171 Å². The number of hydrogen-bond acceptors (Lipinski definition) is 5. The van der Waals surface area contributed by atoms with E-state index in [1.54, 1.807) is 30.3 Å². The van der Waals surface area contributed by atoms with Crippen molar-refractivity contribution in [2.24, 2.45) is 16.3 Å². The summed E-state index contributed by atoms with van der Waals surface area (Å²) in [4.78, 5) is 22.3. The zero-order valence-corrected chi connectivity index (χ0v) is 16.5. The molecule has 2 fully saturated rings. The van der Waals surface area contributed by atoms with Crippen LogP contribution >= 0.6 is 0 Å². The van der Waals surface area contributed by atoms with E-state index >= 15 is 0 Å². The third-order valence-electron chi connectivity index (χ3n) is 5.91. The average Bonchev–Trinajstić information content (AvgIpc) is 3.29. The van der Waals surface area contributed by atoms with Gasteiger partial charge in [-0.05, 0) is 43.2 Å². The molecular formula is C21H21F3N4O2. The summed E-state index contributed by atoms with van der Waals surface area (Å²) >= 11 is 0. The van der Waals surface area contributed by atoms with E-state index in [1.807, 2.05) is 0 Å². The molecule has 2 heterocycles. The van der Waals surface area contributed by atoms with E-state index in [0.717, 1.165) is 12.5 Å². The van der Waals surface area contributed by atoms with Crippen LogP contribution in [0.3, 0.4) is 0 Å². The second-order valence-corrected chi connectivity index (χ2v) is 8.14. The predicted octanol–water partition coefficient (Wildman–Crippen LogP) is 3.26. The van der Waals surface area contributed by atoms with Gasteiger partial charge in [-0.15, -0.1) is 0 Å². The number of phenols is 1. The van der Waals surface area contributed by atoms with Crippen molar-refractivity contribution in [2.75, 3.05) is 25.9 Å². The quantitative estimate of drug-likeness (QED) is 0.746. The molecular weight excluding hydrogens is 397 g/mol. The number of aromatic hydroxyl groups is 1. The molecule has 2 unspecified atom stereocenters. The summed E-state index contributed by atoms with van der Waals surface area (Å²) < 4.78 is 38.8. The molecule has 0 bridgehead atoms. The number of likely N-dealkylation sites (tertiary alicyclic amines) is 1. The minimum Gasteiger partial charge on any atom is -0.507 e. The van der Waals surface area contributed by atoms with Crippen molar-refractivity contribution in [1.82, 2.24) is 9.88 Å². The Balaban J connectivity index is 1.54. The smallest absolute Gasteiger partial charge is 0.416 e. The first-order valence-corrected chi connectivity index (χ1v) is 9.44. The van der Waals surface area contributed by atoms with Crippen LogP contribution in [0.4, 0.5) is 19.0 Å². The number of hydrogen-bond donors (Lipinski definition) is 2. The molecule has 0 radical (unpaired) electrons. The number of carbonyl (C=O) groups is 1. The fraction of sp³-hybridized carbons (Fsp3) is 0.381. The van der Waals surface area contributed by atoms with Gasteiger partial charge in [0.2, 0.25) is 5.91 Å². The van der Waals surface area contributed by atoms with Gasteiger partial charge in [0.1, 0.15) is 11.6 Å². The molecule has 3 N–H and O–H groups in total. The summed E-state index contributed by atoms with van der Waals surface area (Å²) in [6.07, 6.45) is -2.10. The monoisotopic (exact) mass is 418 g/mol. The molecule has 1 aromatic carbocycles. The SMILES string of the molecule is Cc1cc(C(F)(F)F)cc(O)c1-c1ccc(C=NCC23CC2C(=O)N(C)C3)c(N)n1. The largest absolute Gasteiger partial charge is 0.507 e. The van der Waals surface area contributed by atoms with Crippen LogP contribution in [-0.4, -0.2) is 47.2 Å². The van der Waals surface area contributed by atoms with Gasteiger partial charge in [-0.3, -0.25) is 9.79 Å². The highest BCUT2D eigenvalue weighted by molar-refractivity contribution is 5.88. The number of aryl methyl sites for hydroxylation is 1. The number of fused-ring (bicyclic) bond motifs is 1. The molecule has 0 spiro atoms. The summed E-state index contributed by atoms with van der Waals surface area (Å²) in [5, 5.41) is 10.1. The Bertz CT molecular complexity index is 1040. The van der Waals surface area contributed by atoms with E-state index in [0.29, 0.717) is 24.7 Å². The van der Waals surface area contributed by atoms with E-state index in [1.165, 1.54) is 6.92 Å². The molecule has 1 saturated carbocycles. The number of alkyl halides is 3. The number of amides is 1. The van der Waals surface area contributed by atoms with Crippen molar-refractivity contribution in [2.45, 2.75) is 19.5 Å². The van der Waals surface area contributed by atoms with Crippen LogP contribution in [0.25, 0.3) is 11.3 Å². The number of phenolic OH excluding ortho intramolecular Hbond substituents is 1.